The van der Waals surface area contributed by atoms with Crippen molar-refractivity contribution in [3.63, 3.8) is 0 Å². The Morgan fingerprint density at radius 1 is 1.35 bits per heavy atom. The van der Waals surface area contributed by atoms with Gasteiger partial charge in [0, 0.05) is 25.4 Å². The minimum Gasteiger partial charge on any atom is -0.300 e. The third-order valence-corrected chi connectivity index (χ3v) is 6.61. The normalized spacial score (nSPS) is 17.6. The molecular weight excluding hydrogens is 336 g/mol. The van der Waals surface area contributed by atoms with Crippen LogP contribution in [0.4, 0.5) is 5.13 Å². The summed E-state index contributed by atoms with van der Waals surface area (Å²) in [5.41, 5.74) is 0. The average Bonchev–Trinajstić information content (AvgIpc) is 2.93. The highest BCUT2D eigenvalue weighted by Crippen LogP contribution is 2.23. The summed E-state index contributed by atoms with van der Waals surface area (Å²) < 4.78 is 25.1. The number of aromatic nitrogens is 2. The molecule has 1 amide bonds. The van der Waals surface area contributed by atoms with Gasteiger partial charge < -0.3 is 5.32 Å². The Hall–Kier alpha value is -1.06. The highest BCUT2D eigenvalue weighted by molar-refractivity contribution is 7.89. The van der Waals surface area contributed by atoms with E-state index in [1.165, 1.54) is 15.6 Å². The van der Waals surface area contributed by atoms with Crippen molar-refractivity contribution < 1.29 is 13.2 Å². The van der Waals surface area contributed by atoms with Crippen LogP contribution in [0.15, 0.2) is 0 Å². The molecule has 1 fully saturated rings. The molecule has 0 atom stereocenters. The Labute approximate surface area is 141 Å². The van der Waals surface area contributed by atoms with Crippen LogP contribution in [0.1, 0.15) is 38.6 Å². The monoisotopic (exact) mass is 360 g/mol. The van der Waals surface area contributed by atoms with E-state index >= 15 is 0 Å². The summed E-state index contributed by atoms with van der Waals surface area (Å²) in [6.07, 6.45) is 1.94. The van der Waals surface area contributed by atoms with Crippen molar-refractivity contribution in [1.82, 2.24) is 14.5 Å². The third-order valence-electron chi connectivity index (χ3n) is 3.86. The average molecular weight is 361 g/mol. The molecule has 1 aliphatic rings. The molecule has 0 aromatic carbocycles. The van der Waals surface area contributed by atoms with Crippen molar-refractivity contribution in [2.45, 2.75) is 40.0 Å². The molecule has 0 aliphatic carbocycles. The van der Waals surface area contributed by atoms with E-state index in [2.05, 4.69) is 29.4 Å². The number of hydrogen-bond acceptors (Lipinski definition) is 6. The molecular formula is C14H24N4O3S2. The van der Waals surface area contributed by atoms with Crippen molar-refractivity contribution in [1.29, 1.82) is 0 Å². The van der Waals surface area contributed by atoms with Gasteiger partial charge in [-0.2, -0.15) is 0 Å². The van der Waals surface area contributed by atoms with E-state index in [9.17, 15) is 13.2 Å². The highest BCUT2D eigenvalue weighted by Gasteiger charge is 2.30. The van der Waals surface area contributed by atoms with Crippen LogP contribution in [0.2, 0.25) is 0 Å². The highest BCUT2D eigenvalue weighted by atomic mass is 32.2. The van der Waals surface area contributed by atoms with Crippen LogP contribution in [0.25, 0.3) is 0 Å². The van der Waals surface area contributed by atoms with Crippen LogP contribution in [-0.4, -0.2) is 47.7 Å². The predicted octanol–water partition coefficient (Wildman–Crippen LogP) is 1.74. The van der Waals surface area contributed by atoms with Crippen LogP contribution < -0.4 is 5.32 Å². The summed E-state index contributed by atoms with van der Waals surface area (Å²) in [7, 11) is -3.16. The third kappa shape index (κ3) is 4.95. The lowest BCUT2D eigenvalue weighted by atomic mass is 9.97. The first-order valence-corrected chi connectivity index (χ1v) is 10.4. The number of carbonyl (C=O) groups excluding carboxylic acids is 1. The number of nitrogens with zero attached hydrogens (tertiary/aromatic N) is 3. The largest absolute Gasteiger partial charge is 0.300 e. The van der Waals surface area contributed by atoms with Crippen LogP contribution in [0.5, 0.6) is 0 Å². The number of hydrogen-bond donors (Lipinski definition) is 1. The second-order valence-corrected chi connectivity index (χ2v) is 9.48. The minimum absolute atomic E-state index is 0.0919. The maximum atomic E-state index is 12.3. The predicted molar refractivity (Wildman–Crippen MR) is 90.8 cm³/mol. The van der Waals surface area contributed by atoms with Crippen molar-refractivity contribution in [2.75, 3.05) is 24.2 Å². The topological polar surface area (TPSA) is 92.3 Å². The Balaban J connectivity index is 1.87. The van der Waals surface area contributed by atoms with E-state index in [0.717, 1.165) is 11.4 Å². The molecule has 0 unspecified atom stereocenters. The zero-order valence-electron chi connectivity index (χ0n) is 13.8. The first kappa shape index (κ1) is 18.3. The summed E-state index contributed by atoms with van der Waals surface area (Å²) >= 11 is 1.40. The maximum absolute atomic E-state index is 12.3. The molecule has 0 bridgehead atoms. The Bertz CT molecular complexity index is 634. The van der Waals surface area contributed by atoms with Crippen LogP contribution in [0, 0.1) is 11.8 Å². The van der Waals surface area contributed by atoms with E-state index in [1.54, 1.807) is 6.92 Å². The number of carbonyl (C=O) groups is 1. The van der Waals surface area contributed by atoms with Gasteiger partial charge in [0.2, 0.25) is 21.1 Å². The van der Waals surface area contributed by atoms with Crippen molar-refractivity contribution in [3.05, 3.63) is 5.01 Å². The van der Waals surface area contributed by atoms with Gasteiger partial charge in [-0.05, 0) is 25.7 Å². The second-order valence-electron chi connectivity index (χ2n) is 6.16. The molecule has 1 aromatic heterocycles. The second kappa shape index (κ2) is 7.67. The maximum Gasteiger partial charge on any atom is 0.229 e. The van der Waals surface area contributed by atoms with Crippen molar-refractivity contribution >= 4 is 32.4 Å². The van der Waals surface area contributed by atoms with E-state index < -0.39 is 10.0 Å². The van der Waals surface area contributed by atoms with Crippen LogP contribution in [0.3, 0.4) is 0 Å². The molecule has 130 valence electrons. The number of piperidine rings is 1. The molecule has 1 aliphatic heterocycles. The van der Waals surface area contributed by atoms with Crippen molar-refractivity contribution in [3.8, 4) is 0 Å². The lowest BCUT2D eigenvalue weighted by Gasteiger charge is -2.29. The lowest BCUT2D eigenvalue weighted by Crippen LogP contribution is -2.42. The van der Waals surface area contributed by atoms with E-state index in [4.69, 9.17) is 0 Å². The number of rotatable bonds is 6. The molecule has 1 aromatic rings. The summed E-state index contributed by atoms with van der Waals surface area (Å²) in [5.74, 6) is 0.339. The van der Waals surface area contributed by atoms with Crippen molar-refractivity contribution in [2.24, 2.45) is 11.8 Å². The van der Waals surface area contributed by atoms with Gasteiger partial charge in [0.05, 0.1) is 5.75 Å². The number of sulfonamides is 1. The molecule has 1 saturated heterocycles. The fourth-order valence-electron chi connectivity index (χ4n) is 2.52. The number of anilines is 1. The Morgan fingerprint density at radius 3 is 2.57 bits per heavy atom. The first-order chi connectivity index (χ1) is 10.8. The van der Waals surface area contributed by atoms with E-state index in [-0.39, 0.29) is 17.6 Å². The minimum atomic E-state index is -3.16. The molecule has 1 N–H and O–H groups in total. The first-order valence-electron chi connectivity index (χ1n) is 7.93. The zero-order chi connectivity index (χ0) is 17.0. The zero-order valence-corrected chi connectivity index (χ0v) is 15.4. The fraction of sp³-hybridized carbons (Fsp3) is 0.786. The van der Waals surface area contributed by atoms with Gasteiger partial charge in [-0.25, -0.2) is 12.7 Å². The van der Waals surface area contributed by atoms with Crippen LogP contribution in [-0.2, 0) is 21.2 Å². The smallest absolute Gasteiger partial charge is 0.229 e. The summed E-state index contributed by atoms with van der Waals surface area (Å²) in [6, 6.07) is 0. The SMILES string of the molecule is CCS(=O)(=O)N1CCC(C(=O)Nc2nnc(CC(C)C)s2)CC1. The molecule has 9 heteroatoms. The standard InChI is InChI=1S/C14H24N4O3S2/c1-4-23(20,21)18-7-5-11(6-8-18)13(19)15-14-17-16-12(22-14)9-10(2)3/h10-11H,4-9H2,1-3H3,(H,15,17,19). The molecule has 0 radical (unpaired) electrons. The van der Waals surface area contributed by atoms with Gasteiger partial charge in [-0.1, -0.05) is 25.2 Å². The van der Waals surface area contributed by atoms with Gasteiger partial charge >= 0.3 is 0 Å². The molecule has 0 saturated carbocycles. The van der Waals surface area contributed by atoms with Crippen LogP contribution >= 0.6 is 11.3 Å². The molecule has 2 rings (SSSR count). The van der Waals surface area contributed by atoms with Gasteiger partial charge in [0.1, 0.15) is 5.01 Å². The summed E-state index contributed by atoms with van der Waals surface area (Å²) in [4.78, 5) is 12.3. The summed E-state index contributed by atoms with van der Waals surface area (Å²) in [5, 5.41) is 12.3. The van der Waals surface area contributed by atoms with Gasteiger partial charge in [-0.15, -0.1) is 10.2 Å². The van der Waals surface area contributed by atoms with E-state index in [0.29, 0.717) is 37.0 Å². The van der Waals surface area contributed by atoms with Gasteiger partial charge in [-0.3, -0.25) is 4.79 Å². The molecule has 2 heterocycles. The molecule has 23 heavy (non-hydrogen) atoms. The number of nitrogens with one attached hydrogen (secondary N) is 1. The van der Waals surface area contributed by atoms with E-state index in [1.807, 2.05) is 0 Å². The quantitative estimate of drug-likeness (QED) is 0.834. The number of amides is 1. The fourth-order valence-corrected chi connectivity index (χ4v) is 4.61. The molecule has 7 nitrogen and oxygen atoms in total. The Morgan fingerprint density at radius 2 is 2.00 bits per heavy atom. The van der Waals surface area contributed by atoms with Gasteiger partial charge in [0.25, 0.3) is 0 Å². The lowest BCUT2D eigenvalue weighted by molar-refractivity contribution is -0.120. The summed E-state index contributed by atoms with van der Waals surface area (Å²) in [6.45, 7) is 6.67. The molecule has 0 spiro atoms. The van der Waals surface area contributed by atoms with Gasteiger partial charge in [0.15, 0.2) is 0 Å². The Kier molecular flexibility index (Phi) is 6.10.